The van der Waals surface area contributed by atoms with Crippen molar-refractivity contribution in [3.05, 3.63) is 24.0 Å². The zero-order valence-corrected chi connectivity index (χ0v) is 10.4. The minimum Gasteiger partial charge on any atom is -0.399 e. The molecule has 1 atom stereocenters. The number of hydrogen-bond acceptors (Lipinski definition) is 4. The number of likely N-dealkylation sites (N-methyl/N-ethyl adjacent to an activating group) is 1. The molecule has 0 bridgehead atoms. The van der Waals surface area contributed by atoms with Crippen molar-refractivity contribution >= 4 is 15.7 Å². The van der Waals surface area contributed by atoms with E-state index in [4.69, 9.17) is 10.8 Å². The Bertz CT molecular complexity index is 502. The number of nitrogens with zero attached hydrogens (tertiary/aromatic N) is 1. The van der Waals surface area contributed by atoms with Gasteiger partial charge in [0.05, 0.1) is 6.10 Å². The normalized spacial score (nSPS) is 13.9. The average Bonchev–Trinajstić information content (AvgIpc) is 2.20. The summed E-state index contributed by atoms with van der Waals surface area (Å²) in [6.07, 6.45) is -0.834. The molecular formula is C10H15FN2O3S. The summed E-state index contributed by atoms with van der Waals surface area (Å²) in [5, 5.41) is 9.13. The fourth-order valence-electron chi connectivity index (χ4n) is 1.36. The Kier molecular flexibility index (Phi) is 4.07. The first-order valence-electron chi connectivity index (χ1n) is 4.94. The molecule has 17 heavy (non-hydrogen) atoms. The predicted molar refractivity (Wildman–Crippen MR) is 62.3 cm³/mol. The maximum absolute atomic E-state index is 13.4. The third-order valence-electron chi connectivity index (χ3n) is 2.16. The van der Waals surface area contributed by atoms with Crippen LogP contribution in [0.5, 0.6) is 0 Å². The van der Waals surface area contributed by atoms with Gasteiger partial charge in [-0.25, -0.2) is 12.8 Å². The average molecular weight is 262 g/mol. The molecule has 0 aliphatic rings. The second-order valence-corrected chi connectivity index (χ2v) is 5.84. The van der Waals surface area contributed by atoms with Crippen LogP contribution in [0.1, 0.15) is 6.92 Å². The number of aliphatic hydroxyl groups is 1. The first kappa shape index (κ1) is 13.9. The number of nitrogens with two attached hydrogens (primary N) is 1. The van der Waals surface area contributed by atoms with E-state index in [9.17, 15) is 12.8 Å². The van der Waals surface area contributed by atoms with E-state index in [1.165, 1.54) is 20.0 Å². The van der Waals surface area contributed by atoms with E-state index >= 15 is 0 Å². The SMILES string of the molecule is CC(O)CN(C)S(=O)(=O)c1cc(N)ccc1F. The van der Waals surface area contributed by atoms with Crippen LogP contribution in [0.2, 0.25) is 0 Å². The van der Waals surface area contributed by atoms with E-state index in [0.717, 1.165) is 16.4 Å². The molecule has 96 valence electrons. The largest absolute Gasteiger partial charge is 0.399 e. The highest BCUT2D eigenvalue weighted by Crippen LogP contribution is 2.20. The lowest BCUT2D eigenvalue weighted by Gasteiger charge is -2.19. The number of hydrogen-bond donors (Lipinski definition) is 2. The molecular weight excluding hydrogens is 247 g/mol. The van der Waals surface area contributed by atoms with Gasteiger partial charge in [0.2, 0.25) is 10.0 Å². The number of rotatable bonds is 4. The molecule has 3 N–H and O–H groups in total. The third-order valence-corrected chi connectivity index (χ3v) is 4.00. The summed E-state index contributed by atoms with van der Waals surface area (Å²) in [5.74, 6) is -0.864. The highest BCUT2D eigenvalue weighted by molar-refractivity contribution is 7.89. The van der Waals surface area contributed by atoms with Crippen LogP contribution in [0, 0.1) is 5.82 Å². The molecule has 1 unspecified atom stereocenters. The quantitative estimate of drug-likeness (QED) is 0.770. The molecule has 0 fully saturated rings. The van der Waals surface area contributed by atoms with Crippen LogP contribution in [0.25, 0.3) is 0 Å². The smallest absolute Gasteiger partial charge is 0.245 e. The zero-order chi connectivity index (χ0) is 13.2. The van der Waals surface area contributed by atoms with Crippen LogP contribution in [0.3, 0.4) is 0 Å². The van der Waals surface area contributed by atoms with Crippen molar-refractivity contribution in [1.82, 2.24) is 4.31 Å². The Hall–Kier alpha value is -1.18. The van der Waals surface area contributed by atoms with Crippen molar-refractivity contribution in [3.63, 3.8) is 0 Å². The summed E-state index contributed by atoms with van der Waals surface area (Å²) in [5.41, 5.74) is 5.59. The molecule has 0 aromatic heterocycles. The summed E-state index contributed by atoms with van der Waals surface area (Å²) < 4.78 is 38.2. The monoisotopic (exact) mass is 262 g/mol. The summed E-state index contributed by atoms with van der Waals surface area (Å²) >= 11 is 0. The Morgan fingerprint density at radius 1 is 1.53 bits per heavy atom. The summed E-state index contributed by atoms with van der Waals surface area (Å²) in [6, 6.07) is 3.34. The van der Waals surface area contributed by atoms with Crippen LogP contribution in [-0.2, 0) is 10.0 Å². The number of aliphatic hydroxyl groups excluding tert-OH is 1. The van der Waals surface area contributed by atoms with Gasteiger partial charge < -0.3 is 10.8 Å². The summed E-state index contributed by atoms with van der Waals surface area (Å²) in [6.45, 7) is 1.33. The van der Waals surface area contributed by atoms with Gasteiger partial charge in [-0.05, 0) is 25.1 Å². The van der Waals surface area contributed by atoms with Crippen molar-refractivity contribution in [2.45, 2.75) is 17.9 Å². The standard InChI is InChI=1S/C10H15FN2O3S/c1-7(14)6-13(2)17(15,16)10-5-8(12)3-4-9(10)11/h3-5,7,14H,6,12H2,1-2H3. The van der Waals surface area contributed by atoms with Gasteiger partial charge in [0.1, 0.15) is 10.7 Å². The molecule has 0 heterocycles. The van der Waals surface area contributed by atoms with Crippen LogP contribution in [0.15, 0.2) is 23.1 Å². The van der Waals surface area contributed by atoms with Crippen molar-refractivity contribution in [2.24, 2.45) is 0 Å². The summed E-state index contributed by atoms with van der Waals surface area (Å²) in [7, 11) is -2.70. The van der Waals surface area contributed by atoms with Crippen LogP contribution < -0.4 is 5.73 Å². The minimum absolute atomic E-state index is 0.115. The molecule has 0 aliphatic heterocycles. The van der Waals surface area contributed by atoms with Crippen LogP contribution in [0.4, 0.5) is 10.1 Å². The molecule has 0 saturated heterocycles. The van der Waals surface area contributed by atoms with Crippen molar-refractivity contribution in [1.29, 1.82) is 0 Å². The Morgan fingerprint density at radius 3 is 2.65 bits per heavy atom. The van der Waals surface area contributed by atoms with Crippen molar-refractivity contribution in [3.8, 4) is 0 Å². The molecule has 1 rings (SSSR count). The molecule has 0 saturated carbocycles. The van der Waals surface area contributed by atoms with Gasteiger partial charge in [-0.1, -0.05) is 0 Å². The fraction of sp³-hybridized carbons (Fsp3) is 0.400. The molecule has 0 spiro atoms. The maximum Gasteiger partial charge on any atom is 0.245 e. The number of anilines is 1. The van der Waals surface area contributed by atoms with Gasteiger partial charge in [-0.3, -0.25) is 0 Å². The lowest BCUT2D eigenvalue weighted by molar-refractivity contribution is 0.171. The highest BCUT2D eigenvalue weighted by atomic mass is 32.2. The first-order chi connectivity index (χ1) is 7.75. The fourth-order valence-corrected chi connectivity index (χ4v) is 2.70. The molecule has 1 aromatic rings. The lowest BCUT2D eigenvalue weighted by Crippen LogP contribution is -2.33. The highest BCUT2D eigenvalue weighted by Gasteiger charge is 2.25. The van der Waals surface area contributed by atoms with E-state index in [0.29, 0.717) is 0 Å². The number of halogens is 1. The molecule has 7 heteroatoms. The van der Waals surface area contributed by atoms with Gasteiger partial charge in [0.25, 0.3) is 0 Å². The van der Waals surface area contributed by atoms with Crippen LogP contribution >= 0.6 is 0 Å². The molecule has 0 aliphatic carbocycles. The Labute approximate surface area is 99.7 Å². The molecule has 0 radical (unpaired) electrons. The van der Waals surface area contributed by atoms with E-state index in [-0.39, 0.29) is 12.2 Å². The molecule has 5 nitrogen and oxygen atoms in total. The first-order valence-corrected chi connectivity index (χ1v) is 6.38. The van der Waals surface area contributed by atoms with E-state index in [2.05, 4.69) is 0 Å². The van der Waals surface area contributed by atoms with Gasteiger partial charge in [0.15, 0.2) is 0 Å². The van der Waals surface area contributed by atoms with E-state index in [1.54, 1.807) is 0 Å². The maximum atomic E-state index is 13.4. The van der Waals surface area contributed by atoms with Gasteiger partial charge in [0, 0.05) is 19.3 Å². The number of nitrogen functional groups attached to an aromatic ring is 1. The lowest BCUT2D eigenvalue weighted by atomic mass is 10.3. The number of benzene rings is 1. The second-order valence-electron chi connectivity index (χ2n) is 3.82. The predicted octanol–water partition coefficient (Wildman–Crippen LogP) is 0.409. The molecule has 1 aromatic carbocycles. The zero-order valence-electron chi connectivity index (χ0n) is 9.59. The second kappa shape index (κ2) is 4.99. The Morgan fingerprint density at radius 2 is 2.12 bits per heavy atom. The van der Waals surface area contributed by atoms with E-state index < -0.39 is 26.8 Å². The van der Waals surface area contributed by atoms with Crippen molar-refractivity contribution in [2.75, 3.05) is 19.3 Å². The van der Waals surface area contributed by atoms with Gasteiger partial charge in [-0.2, -0.15) is 4.31 Å². The van der Waals surface area contributed by atoms with Gasteiger partial charge >= 0.3 is 0 Å². The van der Waals surface area contributed by atoms with Crippen LogP contribution in [-0.4, -0.2) is 37.5 Å². The van der Waals surface area contributed by atoms with E-state index in [1.807, 2.05) is 0 Å². The Balaban J connectivity index is 3.17. The molecule has 0 amide bonds. The minimum atomic E-state index is -3.97. The van der Waals surface area contributed by atoms with Gasteiger partial charge in [-0.15, -0.1) is 0 Å². The topological polar surface area (TPSA) is 83.6 Å². The third kappa shape index (κ3) is 3.15. The summed E-state index contributed by atoms with van der Waals surface area (Å²) in [4.78, 5) is -0.486. The van der Waals surface area contributed by atoms with Crippen molar-refractivity contribution < 1.29 is 17.9 Å². The number of sulfonamides is 1.